The van der Waals surface area contributed by atoms with Gasteiger partial charge in [-0.1, -0.05) is 53.1 Å². The average Bonchev–Trinajstić information content (AvgIpc) is 2.99. The highest BCUT2D eigenvalue weighted by Crippen LogP contribution is 2.40. The Bertz CT molecular complexity index is 1120. The third kappa shape index (κ3) is 4.76. The number of ketones is 1. The maximum atomic E-state index is 13.3. The molecule has 1 aliphatic heterocycles. The molecule has 7 heteroatoms. The number of fused-ring (bicyclic) bond motifs is 1. The predicted octanol–water partition coefficient (Wildman–Crippen LogP) is 5.02. The van der Waals surface area contributed by atoms with Gasteiger partial charge in [0.25, 0.3) is 5.91 Å². The van der Waals surface area contributed by atoms with Crippen molar-refractivity contribution in [2.45, 2.75) is 58.9 Å². The normalized spacial score (nSPS) is 13.8. The molecule has 0 fully saturated rings. The lowest BCUT2D eigenvalue weighted by Gasteiger charge is -2.28. The summed E-state index contributed by atoms with van der Waals surface area (Å²) in [5.74, 6) is -0.0462. The first-order valence-corrected chi connectivity index (χ1v) is 11.3. The van der Waals surface area contributed by atoms with Gasteiger partial charge in [-0.3, -0.25) is 15.0 Å². The number of hydrogen-bond acceptors (Lipinski definition) is 4. The summed E-state index contributed by atoms with van der Waals surface area (Å²) in [6, 6.07) is 6.83. The van der Waals surface area contributed by atoms with Crippen LogP contribution in [0, 0.1) is 5.41 Å². The van der Waals surface area contributed by atoms with E-state index in [1.54, 1.807) is 29.2 Å². The Morgan fingerprint density at radius 3 is 2.09 bits per heavy atom. The van der Waals surface area contributed by atoms with Crippen LogP contribution in [0.15, 0.2) is 24.3 Å². The topological polar surface area (TPSA) is 93.5 Å². The summed E-state index contributed by atoms with van der Waals surface area (Å²) in [5.41, 5.74) is 2.98. The van der Waals surface area contributed by atoms with E-state index in [1.165, 1.54) is 7.05 Å². The molecule has 0 unspecified atom stereocenters. The Labute approximate surface area is 200 Å². The molecule has 0 aromatic heterocycles. The molecular formula is C26H32ClN3O3. The van der Waals surface area contributed by atoms with Crippen LogP contribution in [0.2, 0.25) is 5.02 Å². The molecule has 176 valence electrons. The molecule has 1 amide bonds. The number of phenols is 1. The van der Waals surface area contributed by atoms with Gasteiger partial charge < -0.3 is 15.3 Å². The van der Waals surface area contributed by atoms with Gasteiger partial charge >= 0.3 is 0 Å². The number of amidine groups is 1. The largest absolute Gasteiger partial charge is 0.507 e. The van der Waals surface area contributed by atoms with Crippen LogP contribution >= 0.6 is 11.6 Å². The Hall–Kier alpha value is -2.86. The first kappa shape index (κ1) is 24.8. The zero-order chi connectivity index (χ0) is 24.9. The summed E-state index contributed by atoms with van der Waals surface area (Å²) in [6.07, 6.45) is 0. The van der Waals surface area contributed by atoms with Crippen molar-refractivity contribution in [1.29, 1.82) is 5.41 Å². The van der Waals surface area contributed by atoms with E-state index < -0.39 is 0 Å². The van der Waals surface area contributed by atoms with Crippen molar-refractivity contribution in [1.82, 2.24) is 10.2 Å². The summed E-state index contributed by atoms with van der Waals surface area (Å²) in [5, 5.41) is 22.4. The van der Waals surface area contributed by atoms with Gasteiger partial charge in [-0.25, -0.2) is 0 Å². The van der Waals surface area contributed by atoms with Crippen molar-refractivity contribution in [3.8, 4) is 5.75 Å². The van der Waals surface area contributed by atoms with E-state index in [0.717, 1.165) is 16.7 Å². The quantitative estimate of drug-likeness (QED) is 0.548. The first-order valence-electron chi connectivity index (χ1n) is 10.9. The molecule has 2 aromatic carbocycles. The summed E-state index contributed by atoms with van der Waals surface area (Å²) < 4.78 is 0. The summed E-state index contributed by atoms with van der Waals surface area (Å²) in [6.45, 7) is 12.4. The standard InChI is InChI=1S/C26H32ClN3O3/c1-25(2,3)18-8-14(9-19(22(18)32)26(4,5)6)21(31)13-30-12-15-10-20(27)17(24(33)29-7)11-16(15)23(30)28/h8-11,28,32H,12-13H2,1-7H3,(H,29,33). The highest BCUT2D eigenvalue weighted by molar-refractivity contribution is 6.34. The fraction of sp³-hybridized carbons (Fsp3) is 0.423. The molecular weight excluding hydrogens is 438 g/mol. The minimum absolute atomic E-state index is 0.0123. The van der Waals surface area contributed by atoms with Gasteiger partial charge in [0, 0.05) is 35.8 Å². The van der Waals surface area contributed by atoms with E-state index in [-0.39, 0.29) is 40.7 Å². The molecule has 0 saturated heterocycles. The fourth-order valence-corrected chi connectivity index (χ4v) is 4.34. The van der Waals surface area contributed by atoms with E-state index in [2.05, 4.69) is 5.32 Å². The van der Waals surface area contributed by atoms with E-state index in [0.29, 0.717) is 28.3 Å². The minimum Gasteiger partial charge on any atom is -0.507 e. The first-order chi connectivity index (χ1) is 15.1. The Morgan fingerprint density at radius 2 is 1.61 bits per heavy atom. The molecule has 0 aliphatic carbocycles. The van der Waals surface area contributed by atoms with E-state index in [4.69, 9.17) is 17.0 Å². The number of Topliss-reactive ketones (excluding diaryl/α,β-unsaturated/α-hetero) is 1. The lowest BCUT2D eigenvalue weighted by atomic mass is 9.78. The number of hydrogen-bond donors (Lipinski definition) is 3. The second kappa shape index (κ2) is 8.49. The minimum atomic E-state index is -0.343. The van der Waals surface area contributed by atoms with Crippen molar-refractivity contribution >= 4 is 29.1 Å². The summed E-state index contributed by atoms with van der Waals surface area (Å²) in [7, 11) is 1.53. The van der Waals surface area contributed by atoms with Crippen LogP contribution in [-0.4, -0.2) is 41.1 Å². The van der Waals surface area contributed by atoms with Gasteiger partial charge in [0.1, 0.15) is 11.6 Å². The molecule has 3 rings (SSSR count). The zero-order valence-electron chi connectivity index (χ0n) is 20.3. The number of nitrogens with one attached hydrogen (secondary N) is 2. The van der Waals surface area contributed by atoms with Crippen LogP contribution < -0.4 is 5.32 Å². The highest BCUT2D eigenvalue weighted by Gasteiger charge is 2.31. The Kier molecular flexibility index (Phi) is 6.37. The summed E-state index contributed by atoms with van der Waals surface area (Å²) in [4.78, 5) is 27.1. The van der Waals surface area contributed by atoms with Crippen molar-refractivity contribution in [2.24, 2.45) is 0 Å². The maximum Gasteiger partial charge on any atom is 0.252 e. The second-order valence-electron chi connectivity index (χ2n) is 10.6. The number of nitrogens with zero attached hydrogens (tertiary/aromatic N) is 1. The molecule has 0 radical (unpaired) electrons. The van der Waals surface area contributed by atoms with Gasteiger partial charge in [-0.2, -0.15) is 0 Å². The predicted molar refractivity (Wildman–Crippen MR) is 132 cm³/mol. The monoisotopic (exact) mass is 469 g/mol. The van der Waals surface area contributed by atoms with Crippen LogP contribution in [0.25, 0.3) is 0 Å². The van der Waals surface area contributed by atoms with Gasteiger partial charge in [0.2, 0.25) is 0 Å². The maximum absolute atomic E-state index is 13.3. The SMILES string of the molecule is CNC(=O)c1cc2c(cc1Cl)CN(CC(=O)c1cc(C(C)(C)C)c(O)c(C(C)(C)C)c1)C2=N. The molecule has 0 bridgehead atoms. The van der Waals surface area contributed by atoms with Crippen LogP contribution in [-0.2, 0) is 17.4 Å². The van der Waals surface area contributed by atoms with E-state index in [1.807, 2.05) is 41.5 Å². The zero-order valence-corrected chi connectivity index (χ0v) is 21.1. The molecule has 33 heavy (non-hydrogen) atoms. The number of amides is 1. The average molecular weight is 470 g/mol. The van der Waals surface area contributed by atoms with Gasteiger partial charge in [0.05, 0.1) is 17.1 Å². The number of carbonyl (C=O) groups is 2. The Balaban J connectivity index is 1.94. The number of carbonyl (C=O) groups excluding carboxylic acids is 2. The molecule has 2 aromatic rings. The van der Waals surface area contributed by atoms with Crippen molar-refractivity contribution < 1.29 is 14.7 Å². The van der Waals surface area contributed by atoms with Gasteiger partial charge in [-0.05, 0) is 40.7 Å². The fourth-order valence-electron chi connectivity index (χ4n) is 4.07. The van der Waals surface area contributed by atoms with E-state index in [9.17, 15) is 14.7 Å². The molecule has 3 N–H and O–H groups in total. The number of phenolic OH excluding ortho intramolecular Hbond substituents is 1. The molecule has 0 saturated carbocycles. The van der Waals surface area contributed by atoms with Crippen LogP contribution in [0.5, 0.6) is 5.75 Å². The lowest BCUT2D eigenvalue weighted by Crippen LogP contribution is -2.31. The summed E-state index contributed by atoms with van der Waals surface area (Å²) >= 11 is 6.27. The Morgan fingerprint density at radius 1 is 1.06 bits per heavy atom. The third-order valence-electron chi connectivity index (χ3n) is 5.98. The molecule has 1 aliphatic rings. The van der Waals surface area contributed by atoms with Gasteiger partial charge in [-0.15, -0.1) is 0 Å². The van der Waals surface area contributed by atoms with Crippen molar-refractivity contribution in [3.63, 3.8) is 0 Å². The van der Waals surface area contributed by atoms with E-state index >= 15 is 0 Å². The molecule has 0 spiro atoms. The molecule has 0 atom stereocenters. The third-order valence-corrected chi connectivity index (χ3v) is 6.29. The molecule has 6 nitrogen and oxygen atoms in total. The van der Waals surface area contributed by atoms with Crippen LogP contribution in [0.4, 0.5) is 0 Å². The smallest absolute Gasteiger partial charge is 0.252 e. The lowest BCUT2D eigenvalue weighted by molar-refractivity contribution is 0.0955. The number of aromatic hydroxyl groups is 1. The van der Waals surface area contributed by atoms with Gasteiger partial charge in [0.15, 0.2) is 5.78 Å². The number of benzene rings is 2. The highest BCUT2D eigenvalue weighted by atomic mass is 35.5. The molecule has 1 heterocycles. The van der Waals surface area contributed by atoms with Crippen LogP contribution in [0.3, 0.4) is 0 Å². The van der Waals surface area contributed by atoms with Crippen molar-refractivity contribution in [2.75, 3.05) is 13.6 Å². The number of rotatable bonds is 4. The number of halogens is 1. The second-order valence-corrected chi connectivity index (χ2v) is 11.0. The van der Waals surface area contributed by atoms with Crippen LogP contribution in [0.1, 0.15) is 84.5 Å². The van der Waals surface area contributed by atoms with Crippen molar-refractivity contribution in [3.05, 3.63) is 62.7 Å².